The Labute approximate surface area is 296 Å². The van der Waals surface area contributed by atoms with E-state index < -0.39 is 0 Å². The highest BCUT2D eigenvalue weighted by Crippen LogP contribution is 2.29. The van der Waals surface area contributed by atoms with Gasteiger partial charge >= 0.3 is 0 Å². The number of hydrogen-bond donors (Lipinski definition) is 7. The van der Waals surface area contributed by atoms with Crippen LogP contribution in [-0.4, -0.2) is 77.7 Å². The highest BCUT2D eigenvalue weighted by molar-refractivity contribution is 6.10. The number of carbonyl (C=O) groups is 1. The van der Waals surface area contributed by atoms with E-state index in [0.717, 1.165) is 71.7 Å². The molecule has 8 N–H and O–H groups in total. The number of nitrogens with zero attached hydrogens (tertiary/aromatic N) is 2. The molecular formula is C39H66N8O2. The van der Waals surface area contributed by atoms with Gasteiger partial charge in [0.25, 0.3) is 5.91 Å². The zero-order valence-electron chi connectivity index (χ0n) is 31.8. The van der Waals surface area contributed by atoms with E-state index in [1.165, 1.54) is 31.7 Å². The molecule has 1 saturated heterocycles. The monoisotopic (exact) mass is 679 g/mol. The Balaban J connectivity index is 0.00000227. The second-order valence-electron chi connectivity index (χ2n) is 12.6. The molecule has 1 atom stereocenters. The minimum Gasteiger partial charge on any atom is -0.404 e. The molecule has 3 rings (SSSR count). The lowest BCUT2D eigenvalue weighted by atomic mass is 9.96. The molecule has 274 valence electrons. The van der Waals surface area contributed by atoms with E-state index in [1.807, 2.05) is 39.1 Å². The third-order valence-corrected chi connectivity index (χ3v) is 8.20. The number of nitrogens with two attached hydrogens (primary N) is 1. The van der Waals surface area contributed by atoms with Crippen LogP contribution in [0.15, 0.2) is 64.3 Å². The third-order valence-electron chi connectivity index (χ3n) is 8.20. The number of nitrogens with one attached hydrogen (secondary N) is 5. The van der Waals surface area contributed by atoms with Crippen LogP contribution in [0.3, 0.4) is 0 Å². The molecule has 10 heteroatoms. The van der Waals surface area contributed by atoms with E-state index in [2.05, 4.69) is 78.4 Å². The SMILES string of the molecule is CC.CCC.CCC=C(NC1=CC(C(=O)NCCN2CCCC2(C)C)=CNC1C)/C(C=N)=C(\CCC)c1cc(/C(C=NCCO)=C/N)c[nH]1. The number of H-pyrrole nitrogens is 1. The van der Waals surface area contributed by atoms with Crippen LogP contribution in [0.25, 0.3) is 11.1 Å². The van der Waals surface area contributed by atoms with Gasteiger partial charge in [-0.2, -0.15) is 0 Å². The summed E-state index contributed by atoms with van der Waals surface area (Å²) in [6.07, 6.45) is 18.2. The molecule has 0 aromatic carbocycles. The van der Waals surface area contributed by atoms with Crippen molar-refractivity contribution in [1.82, 2.24) is 25.8 Å². The van der Waals surface area contributed by atoms with Crippen LogP contribution < -0.4 is 21.7 Å². The molecule has 1 aromatic rings. The summed E-state index contributed by atoms with van der Waals surface area (Å²) < 4.78 is 0. The Kier molecular flexibility index (Phi) is 20.7. The number of allylic oxidation sites excluding steroid dienone is 4. The lowest BCUT2D eigenvalue weighted by Crippen LogP contribution is -2.43. The molecule has 1 unspecified atom stereocenters. The molecule has 2 aliphatic heterocycles. The van der Waals surface area contributed by atoms with E-state index in [1.54, 1.807) is 12.4 Å². The molecule has 10 nitrogen and oxygen atoms in total. The second kappa shape index (κ2) is 23.5. The number of aliphatic imine (C=N–C) groups is 1. The van der Waals surface area contributed by atoms with Crippen LogP contribution in [0.2, 0.25) is 0 Å². The lowest BCUT2D eigenvalue weighted by Gasteiger charge is -2.31. The first-order valence-corrected chi connectivity index (χ1v) is 18.2. The summed E-state index contributed by atoms with van der Waals surface area (Å²) in [5, 5.41) is 27.5. The number of hydrogen-bond acceptors (Lipinski definition) is 8. The lowest BCUT2D eigenvalue weighted by molar-refractivity contribution is -0.117. The molecule has 0 radical (unpaired) electrons. The minimum atomic E-state index is -0.110. The number of likely N-dealkylation sites (tertiary alicyclic amines) is 1. The largest absolute Gasteiger partial charge is 0.404 e. The van der Waals surface area contributed by atoms with Crippen LogP contribution in [0.1, 0.15) is 112 Å². The number of aromatic amines is 1. The van der Waals surface area contributed by atoms with Crippen LogP contribution in [0.4, 0.5) is 0 Å². The fourth-order valence-electron chi connectivity index (χ4n) is 5.65. The summed E-state index contributed by atoms with van der Waals surface area (Å²) in [6, 6.07) is 1.96. The van der Waals surface area contributed by atoms with Crippen molar-refractivity contribution in [1.29, 1.82) is 5.41 Å². The molecule has 49 heavy (non-hydrogen) atoms. The average Bonchev–Trinajstić information content (AvgIpc) is 3.71. The smallest absolute Gasteiger partial charge is 0.252 e. The van der Waals surface area contributed by atoms with Crippen molar-refractivity contribution in [2.75, 3.05) is 32.8 Å². The van der Waals surface area contributed by atoms with Gasteiger partial charge < -0.3 is 37.2 Å². The van der Waals surface area contributed by atoms with Gasteiger partial charge in [-0.25, -0.2) is 0 Å². The average molecular weight is 679 g/mol. The van der Waals surface area contributed by atoms with E-state index in [-0.39, 0.29) is 24.1 Å². The maximum absolute atomic E-state index is 13.1. The molecule has 2 aliphatic rings. The van der Waals surface area contributed by atoms with Gasteiger partial charge in [0, 0.05) is 83.5 Å². The van der Waals surface area contributed by atoms with Gasteiger partial charge in [0.05, 0.1) is 24.8 Å². The molecule has 0 aliphatic carbocycles. The summed E-state index contributed by atoms with van der Waals surface area (Å²) >= 11 is 0. The van der Waals surface area contributed by atoms with Crippen LogP contribution in [0.5, 0.6) is 0 Å². The van der Waals surface area contributed by atoms with Crippen LogP contribution in [0, 0.1) is 5.41 Å². The van der Waals surface area contributed by atoms with Crippen molar-refractivity contribution in [2.24, 2.45) is 10.7 Å². The summed E-state index contributed by atoms with van der Waals surface area (Å²) in [6.45, 7) is 21.8. The van der Waals surface area contributed by atoms with Crippen molar-refractivity contribution >= 4 is 29.5 Å². The number of aliphatic hydroxyl groups is 1. The van der Waals surface area contributed by atoms with E-state index in [9.17, 15) is 4.79 Å². The second-order valence-corrected chi connectivity index (χ2v) is 12.6. The van der Waals surface area contributed by atoms with Crippen molar-refractivity contribution in [3.8, 4) is 0 Å². The van der Waals surface area contributed by atoms with E-state index in [0.29, 0.717) is 18.7 Å². The fourth-order valence-corrected chi connectivity index (χ4v) is 5.65. The van der Waals surface area contributed by atoms with Crippen molar-refractivity contribution in [3.05, 3.63) is 70.6 Å². The maximum Gasteiger partial charge on any atom is 0.252 e. The first-order valence-electron chi connectivity index (χ1n) is 18.2. The Hall–Kier alpha value is -3.89. The van der Waals surface area contributed by atoms with Gasteiger partial charge in [0.15, 0.2) is 0 Å². The van der Waals surface area contributed by atoms with Crippen LogP contribution in [-0.2, 0) is 4.79 Å². The van der Waals surface area contributed by atoms with E-state index >= 15 is 0 Å². The predicted octanol–water partition coefficient (Wildman–Crippen LogP) is 6.66. The summed E-state index contributed by atoms with van der Waals surface area (Å²) in [4.78, 5) is 23.1. The highest BCUT2D eigenvalue weighted by Gasteiger charge is 2.31. The van der Waals surface area contributed by atoms with Crippen LogP contribution >= 0.6 is 0 Å². The molecule has 0 spiro atoms. The highest BCUT2D eigenvalue weighted by atomic mass is 16.3. The molecule has 3 heterocycles. The van der Waals surface area contributed by atoms with Gasteiger partial charge in [-0.1, -0.05) is 60.5 Å². The van der Waals surface area contributed by atoms with Crippen molar-refractivity contribution in [2.45, 2.75) is 112 Å². The molecule has 1 amide bonds. The fraction of sp³-hybridized carbons (Fsp3) is 0.564. The maximum atomic E-state index is 13.1. The number of amides is 1. The zero-order valence-corrected chi connectivity index (χ0v) is 31.8. The number of dihydropyridines is 1. The number of aliphatic hydroxyl groups excluding tert-OH is 1. The van der Waals surface area contributed by atoms with Gasteiger partial charge in [-0.3, -0.25) is 14.7 Å². The van der Waals surface area contributed by atoms with Gasteiger partial charge in [-0.05, 0) is 70.7 Å². The molecule has 1 aromatic heterocycles. The molecule has 0 saturated carbocycles. The van der Waals surface area contributed by atoms with Gasteiger partial charge in [0.2, 0.25) is 0 Å². The van der Waals surface area contributed by atoms with Gasteiger partial charge in [0.1, 0.15) is 0 Å². The van der Waals surface area contributed by atoms with E-state index in [4.69, 9.17) is 16.2 Å². The number of carbonyl (C=O) groups excluding carboxylic acids is 1. The zero-order chi connectivity index (χ0) is 36.8. The number of aromatic nitrogens is 1. The summed E-state index contributed by atoms with van der Waals surface area (Å²) in [7, 11) is 0. The van der Waals surface area contributed by atoms with Crippen molar-refractivity contribution < 1.29 is 9.90 Å². The third kappa shape index (κ3) is 13.5. The quantitative estimate of drug-likeness (QED) is 0.0767. The first-order chi connectivity index (χ1) is 23.6. The first kappa shape index (κ1) is 43.1. The topological polar surface area (TPSA) is 155 Å². The van der Waals surface area contributed by atoms with Gasteiger partial charge in [-0.15, -0.1) is 0 Å². The Morgan fingerprint density at radius 2 is 1.96 bits per heavy atom. The standard InChI is InChI=1S/C34H52N8O2.C3H8.C2H6/c1-6-9-28(32-17-25(22-40-32)27(19-35)21-37-13-16-43)29(20-36)30(10-7-2)41-31-18-26(23-39-24(31)3)33(44)38-12-15-42-14-8-11-34(42,4)5;1-3-2;1-2/h10,17-24,36,39-41,43H,6-9,11-16,35H2,1-5H3,(H,38,44);3H2,1-2H3;1-2H3/b27-19+,29-28+,30-10?,36-20?,37-21?;;. The predicted molar refractivity (Wildman–Crippen MR) is 209 cm³/mol. The Morgan fingerprint density at radius 3 is 2.53 bits per heavy atom. The van der Waals surface area contributed by atoms with Crippen molar-refractivity contribution in [3.63, 3.8) is 0 Å². The summed E-state index contributed by atoms with van der Waals surface area (Å²) in [5.41, 5.74) is 12.6. The Morgan fingerprint density at radius 1 is 1.24 bits per heavy atom. The minimum absolute atomic E-state index is 0.0257. The Bertz CT molecular complexity index is 1350. The molecule has 1 fully saturated rings. The molecule has 0 bridgehead atoms. The normalized spacial score (nSPS) is 18.2. The number of rotatable bonds is 16. The summed E-state index contributed by atoms with van der Waals surface area (Å²) in [5.74, 6) is -0.110. The molecular weight excluding hydrogens is 612 g/mol.